The summed E-state index contributed by atoms with van der Waals surface area (Å²) in [6.07, 6.45) is 1.25. The third-order valence-electron chi connectivity index (χ3n) is 2.60. The Balaban J connectivity index is 2.73. The number of nitrogens with zero attached hydrogens (tertiary/aromatic N) is 2. The van der Waals surface area contributed by atoms with E-state index >= 15 is 0 Å². The summed E-state index contributed by atoms with van der Waals surface area (Å²) in [5.74, 6) is 0. The third kappa shape index (κ3) is 4.31. The van der Waals surface area contributed by atoms with Crippen molar-refractivity contribution in [2.24, 2.45) is 0 Å². The highest BCUT2D eigenvalue weighted by molar-refractivity contribution is 5.50. The van der Waals surface area contributed by atoms with E-state index in [4.69, 9.17) is 10.2 Å². The first-order valence-corrected chi connectivity index (χ1v) is 5.90. The Morgan fingerprint density at radius 2 is 1.56 bits per heavy atom. The van der Waals surface area contributed by atoms with Gasteiger partial charge in [-0.05, 0) is 25.0 Å². The van der Waals surface area contributed by atoms with Crippen molar-refractivity contribution in [3.05, 3.63) is 34.4 Å². The summed E-state index contributed by atoms with van der Waals surface area (Å²) in [5, 5.41) is 28.2. The molecule has 6 heteroatoms. The van der Waals surface area contributed by atoms with Crippen LogP contribution in [-0.2, 0) is 0 Å². The van der Waals surface area contributed by atoms with Gasteiger partial charge in [0.2, 0.25) is 0 Å². The zero-order valence-electron chi connectivity index (χ0n) is 10.2. The van der Waals surface area contributed by atoms with Gasteiger partial charge in [0.1, 0.15) is 0 Å². The fraction of sp³-hybridized carbons (Fsp3) is 0.500. The second-order valence-electron chi connectivity index (χ2n) is 3.91. The summed E-state index contributed by atoms with van der Waals surface area (Å²) in [6.45, 7) is 1.52. The Morgan fingerprint density at radius 3 is 1.94 bits per heavy atom. The molecule has 0 aliphatic rings. The first-order valence-electron chi connectivity index (χ1n) is 5.90. The van der Waals surface area contributed by atoms with Gasteiger partial charge in [-0.25, -0.2) is 0 Å². The summed E-state index contributed by atoms with van der Waals surface area (Å²) in [7, 11) is 0. The number of non-ortho nitro benzene ring substituents is 1. The van der Waals surface area contributed by atoms with Crippen LogP contribution in [0.4, 0.5) is 11.4 Å². The monoisotopic (exact) mass is 254 g/mol. The summed E-state index contributed by atoms with van der Waals surface area (Å²) in [4.78, 5) is 12.1. The number of nitro groups is 1. The van der Waals surface area contributed by atoms with Gasteiger partial charge in [0.25, 0.3) is 5.69 Å². The third-order valence-corrected chi connectivity index (χ3v) is 2.60. The van der Waals surface area contributed by atoms with Crippen LogP contribution in [0.2, 0.25) is 0 Å². The number of nitro benzene ring substituents is 1. The largest absolute Gasteiger partial charge is 0.396 e. The molecule has 0 saturated heterocycles. The van der Waals surface area contributed by atoms with Crippen molar-refractivity contribution in [3.8, 4) is 0 Å². The maximum atomic E-state index is 10.6. The first kappa shape index (κ1) is 14.4. The second-order valence-corrected chi connectivity index (χ2v) is 3.91. The van der Waals surface area contributed by atoms with Crippen LogP contribution in [0, 0.1) is 10.1 Å². The Labute approximate surface area is 106 Å². The van der Waals surface area contributed by atoms with E-state index in [1.807, 2.05) is 4.90 Å². The van der Waals surface area contributed by atoms with Crippen molar-refractivity contribution in [3.63, 3.8) is 0 Å². The van der Waals surface area contributed by atoms with Crippen molar-refractivity contribution >= 4 is 11.4 Å². The SMILES string of the molecule is O=[N+]([O-])c1ccc(N(CCCO)CCCO)cc1. The molecule has 0 spiro atoms. The number of aliphatic hydroxyl groups excluding tert-OH is 2. The molecule has 18 heavy (non-hydrogen) atoms. The molecule has 1 aromatic rings. The number of aliphatic hydroxyl groups is 2. The van der Waals surface area contributed by atoms with Crippen LogP contribution in [0.1, 0.15) is 12.8 Å². The molecular weight excluding hydrogens is 236 g/mol. The lowest BCUT2D eigenvalue weighted by atomic mass is 10.2. The molecule has 1 aromatic carbocycles. The summed E-state index contributed by atoms with van der Waals surface area (Å²) in [5.41, 5.74) is 0.922. The molecule has 6 nitrogen and oxygen atoms in total. The number of rotatable bonds is 8. The molecule has 0 unspecified atom stereocenters. The van der Waals surface area contributed by atoms with Crippen LogP contribution < -0.4 is 4.90 Å². The predicted octanol–water partition coefficient (Wildman–Crippen LogP) is 1.17. The van der Waals surface area contributed by atoms with Gasteiger partial charge in [0.05, 0.1) is 4.92 Å². The highest BCUT2D eigenvalue weighted by atomic mass is 16.6. The zero-order valence-corrected chi connectivity index (χ0v) is 10.2. The van der Waals surface area contributed by atoms with Crippen molar-refractivity contribution in [1.82, 2.24) is 0 Å². The molecule has 2 N–H and O–H groups in total. The van der Waals surface area contributed by atoms with Gasteiger partial charge in [0.15, 0.2) is 0 Å². The van der Waals surface area contributed by atoms with E-state index in [1.54, 1.807) is 12.1 Å². The van der Waals surface area contributed by atoms with E-state index in [0.29, 0.717) is 25.9 Å². The minimum Gasteiger partial charge on any atom is -0.396 e. The van der Waals surface area contributed by atoms with E-state index in [1.165, 1.54) is 12.1 Å². The lowest BCUT2D eigenvalue weighted by molar-refractivity contribution is -0.384. The maximum absolute atomic E-state index is 10.6. The molecule has 0 aromatic heterocycles. The number of hydrogen-bond donors (Lipinski definition) is 2. The van der Waals surface area contributed by atoms with E-state index in [2.05, 4.69) is 0 Å². The van der Waals surface area contributed by atoms with Crippen molar-refractivity contribution < 1.29 is 15.1 Å². The Hall–Kier alpha value is -1.66. The van der Waals surface area contributed by atoms with Crippen molar-refractivity contribution in [1.29, 1.82) is 0 Å². The minimum absolute atomic E-state index is 0.0583. The van der Waals surface area contributed by atoms with Crippen LogP contribution in [0.5, 0.6) is 0 Å². The van der Waals surface area contributed by atoms with Crippen LogP contribution in [-0.4, -0.2) is 41.4 Å². The second kappa shape index (κ2) is 7.62. The standard InChI is InChI=1S/C12H18N2O4/c15-9-1-7-13(8-2-10-16)11-3-5-12(6-4-11)14(17)18/h3-6,15-16H,1-2,7-10H2. The molecule has 0 radical (unpaired) electrons. The van der Waals surface area contributed by atoms with Crippen LogP contribution in [0.25, 0.3) is 0 Å². The van der Waals surface area contributed by atoms with Gasteiger partial charge in [-0.1, -0.05) is 0 Å². The smallest absolute Gasteiger partial charge is 0.269 e. The van der Waals surface area contributed by atoms with Crippen LogP contribution in [0.15, 0.2) is 24.3 Å². The fourth-order valence-electron chi connectivity index (χ4n) is 1.68. The molecule has 0 saturated carbocycles. The lowest BCUT2D eigenvalue weighted by Gasteiger charge is -2.24. The van der Waals surface area contributed by atoms with E-state index < -0.39 is 4.92 Å². The molecule has 1 rings (SSSR count). The maximum Gasteiger partial charge on any atom is 0.269 e. The summed E-state index contributed by atoms with van der Waals surface area (Å²) >= 11 is 0. The fourth-order valence-corrected chi connectivity index (χ4v) is 1.68. The van der Waals surface area contributed by atoms with Gasteiger partial charge < -0.3 is 15.1 Å². The van der Waals surface area contributed by atoms with Crippen LogP contribution in [0.3, 0.4) is 0 Å². The van der Waals surface area contributed by atoms with Gasteiger partial charge in [-0.2, -0.15) is 0 Å². The van der Waals surface area contributed by atoms with Gasteiger partial charge >= 0.3 is 0 Å². The number of hydrogen-bond acceptors (Lipinski definition) is 5. The minimum atomic E-state index is -0.435. The summed E-state index contributed by atoms with van der Waals surface area (Å²) in [6, 6.07) is 6.29. The molecule has 0 aliphatic heterocycles. The molecule has 0 atom stereocenters. The number of benzene rings is 1. The molecule has 0 bridgehead atoms. The topological polar surface area (TPSA) is 86.8 Å². The molecule has 100 valence electrons. The zero-order chi connectivity index (χ0) is 13.4. The van der Waals surface area contributed by atoms with E-state index in [-0.39, 0.29) is 18.9 Å². The molecule has 0 amide bonds. The predicted molar refractivity (Wildman–Crippen MR) is 68.7 cm³/mol. The molecular formula is C12H18N2O4. The summed E-state index contributed by atoms with van der Waals surface area (Å²) < 4.78 is 0. The molecule has 0 heterocycles. The van der Waals surface area contributed by atoms with Gasteiger partial charge in [-0.15, -0.1) is 0 Å². The quantitative estimate of drug-likeness (QED) is 0.537. The molecule has 0 fully saturated rings. The molecule has 0 aliphatic carbocycles. The Morgan fingerprint density at radius 1 is 1.06 bits per heavy atom. The normalized spacial score (nSPS) is 10.3. The highest BCUT2D eigenvalue weighted by Gasteiger charge is 2.09. The lowest BCUT2D eigenvalue weighted by Crippen LogP contribution is -2.26. The van der Waals surface area contributed by atoms with Gasteiger partial charge in [-0.3, -0.25) is 10.1 Å². The Kier molecular flexibility index (Phi) is 6.10. The average molecular weight is 254 g/mol. The van der Waals surface area contributed by atoms with E-state index in [9.17, 15) is 10.1 Å². The average Bonchev–Trinajstić information content (AvgIpc) is 2.39. The van der Waals surface area contributed by atoms with E-state index in [0.717, 1.165) is 5.69 Å². The Bertz CT molecular complexity index is 359. The van der Waals surface area contributed by atoms with Gasteiger partial charge in [0, 0.05) is 44.1 Å². The van der Waals surface area contributed by atoms with Crippen molar-refractivity contribution in [2.75, 3.05) is 31.2 Å². The first-order chi connectivity index (χ1) is 8.69. The highest BCUT2D eigenvalue weighted by Crippen LogP contribution is 2.19. The van der Waals surface area contributed by atoms with Crippen LogP contribution >= 0.6 is 0 Å². The van der Waals surface area contributed by atoms with Crippen molar-refractivity contribution in [2.45, 2.75) is 12.8 Å². The number of anilines is 1.